The first-order valence-electron chi connectivity index (χ1n) is 4.64. The van der Waals surface area contributed by atoms with E-state index in [1.165, 1.54) is 12.8 Å². The Labute approximate surface area is 76.6 Å². The Morgan fingerprint density at radius 3 is 2.92 bits per heavy atom. The predicted octanol–water partition coefficient (Wildman–Crippen LogP) is 1.49. The standard InChI is InChI=1S/C8H13N3O2/c9-11-10-3-7-4-12-5-8(13-7)6-1-2-6/h6-8H,1-5H2/t7-,8-/m1/s1. The zero-order valence-corrected chi connectivity index (χ0v) is 7.43. The van der Waals surface area contributed by atoms with Gasteiger partial charge in [-0.2, -0.15) is 0 Å². The molecule has 1 aliphatic carbocycles. The summed E-state index contributed by atoms with van der Waals surface area (Å²) in [5.74, 6) is 0.689. The van der Waals surface area contributed by atoms with E-state index in [0.29, 0.717) is 25.7 Å². The second-order valence-corrected chi connectivity index (χ2v) is 3.58. The number of rotatable bonds is 3. The fourth-order valence-corrected chi connectivity index (χ4v) is 1.58. The molecule has 72 valence electrons. The van der Waals surface area contributed by atoms with Crippen LogP contribution in [0.4, 0.5) is 0 Å². The van der Waals surface area contributed by atoms with Crippen LogP contribution < -0.4 is 0 Å². The van der Waals surface area contributed by atoms with Crippen LogP contribution >= 0.6 is 0 Å². The van der Waals surface area contributed by atoms with Gasteiger partial charge in [-0.1, -0.05) is 5.11 Å². The summed E-state index contributed by atoms with van der Waals surface area (Å²) in [4.78, 5) is 2.70. The first kappa shape index (κ1) is 8.81. The smallest absolute Gasteiger partial charge is 0.0869 e. The molecule has 13 heavy (non-hydrogen) atoms. The zero-order chi connectivity index (χ0) is 9.10. The molecule has 0 N–H and O–H groups in total. The van der Waals surface area contributed by atoms with Crippen LogP contribution in [-0.4, -0.2) is 32.0 Å². The third-order valence-electron chi connectivity index (χ3n) is 2.45. The van der Waals surface area contributed by atoms with E-state index in [1.54, 1.807) is 0 Å². The van der Waals surface area contributed by atoms with Crippen LogP contribution in [-0.2, 0) is 9.47 Å². The van der Waals surface area contributed by atoms with Crippen LogP contribution in [0.3, 0.4) is 0 Å². The van der Waals surface area contributed by atoms with Gasteiger partial charge in [0.1, 0.15) is 0 Å². The van der Waals surface area contributed by atoms with E-state index >= 15 is 0 Å². The number of hydrogen-bond donors (Lipinski definition) is 0. The van der Waals surface area contributed by atoms with E-state index in [1.807, 2.05) is 0 Å². The Hall–Kier alpha value is -0.770. The fourth-order valence-electron chi connectivity index (χ4n) is 1.58. The Bertz CT molecular complexity index is 223. The Kier molecular flexibility index (Phi) is 2.68. The second kappa shape index (κ2) is 3.96. The van der Waals surface area contributed by atoms with Crippen molar-refractivity contribution in [3.63, 3.8) is 0 Å². The topological polar surface area (TPSA) is 67.2 Å². The molecule has 0 amide bonds. The highest BCUT2D eigenvalue weighted by Gasteiger charge is 2.35. The summed E-state index contributed by atoms with van der Waals surface area (Å²) in [5, 5.41) is 3.49. The Balaban J connectivity index is 1.80. The maximum Gasteiger partial charge on any atom is 0.0869 e. The van der Waals surface area contributed by atoms with Crippen molar-refractivity contribution in [2.75, 3.05) is 19.8 Å². The summed E-state index contributed by atoms with van der Waals surface area (Å²) in [7, 11) is 0. The molecule has 0 aromatic heterocycles. The predicted molar refractivity (Wildman–Crippen MR) is 46.2 cm³/mol. The van der Waals surface area contributed by atoms with Crippen LogP contribution in [0.2, 0.25) is 0 Å². The average Bonchev–Trinajstić information content (AvgIpc) is 2.98. The number of ether oxygens (including phenoxy) is 2. The minimum absolute atomic E-state index is 0.0322. The van der Waals surface area contributed by atoms with Gasteiger partial charge in [0.25, 0.3) is 0 Å². The van der Waals surface area contributed by atoms with Crippen molar-refractivity contribution >= 4 is 0 Å². The van der Waals surface area contributed by atoms with Crippen molar-refractivity contribution in [3.8, 4) is 0 Å². The molecule has 1 saturated heterocycles. The van der Waals surface area contributed by atoms with Crippen LogP contribution in [0.5, 0.6) is 0 Å². The van der Waals surface area contributed by atoms with Gasteiger partial charge >= 0.3 is 0 Å². The van der Waals surface area contributed by atoms with Crippen molar-refractivity contribution in [1.82, 2.24) is 0 Å². The van der Waals surface area contributed by atoms with Gasteiger partial charge in [0.2, 0.25) is 0 Å². The molecule has 0 aromatic carbocycles. The number of nitrogens with zero attached hydrogens (tertiary/aromatic N) is 3. The van der Waals surface area contributed by atoms with Gasteiger partial charge in [-0.15, -0.1) is 0 Å². The van der Waals surface area contributed by atoms with E-state index in [-0.39, 0.29) is 12.2 Å². The Morgan fingerprint density at radius 1 is 1.38 bits per heavy atom. The molecule has 5 heteroatoms. The molecule has 0 aromatic rings. The first-order valence-corrected chi connectivity index (χ1v) is 4.64. The quantitative estimate of drug-likeness (QED) is 0.378. The van der Waals surface area contributed by atoms with Gasteiger partial charge in [0, 0.05) is 4.91 Å². The zero-order valence-electron chi connectivity index (χ0n) is 7.43. The highest BCUT2D eigenvalue weighted by Crippen LogP contribution is 2.36. The van der Waals surface area contributed by atoms with Gasteiger partial charge < -0.3 is 9.47 Å². The molecule has 5 nitrogen and oxygen atoms in total. The van der Waals surface area contributed by atoms with E-state index in [0.717, 1.165) is 0 Å². The largest absolute Gasteiger partial charge is 0.376 e. The minimum Gasteiger partial charge on any atom is -0.376 e. The lowest BCUT2D eigenvalue weighted by atomic mass is 10.2. The van der Waals surface area contributed by atoms with Crippen molar-refractivity contribution in [2.24, 2.45) is 11.0 Å². The third-order valence-corrected chi connectivity index (χ3v) is 2.45. The fraction of sp³-hybridized carbons (Fsp3) is 1.00. The molecule has 0 spiro atoms. The molecule has 0 unspecified atom stereocenters. The van der Waals surface area contributed by atoms with Gasteiger partial charge in [0.15, 0.2) is 0 Å². The first-order chi connectivity index (χ1) is 6.40. The van der Waals surface area contributed by atoms with E-state index < -0.39 is 0 Å². The molecular formula is C8H13N3O2. The molecule has 2 atom stereocenters. The maximum atomic E-state index is 8.15. The summed E-state index contributed by atoms with van der Waals surface area (Å²) in [5.41, 5.74) is 8.15. The minimum atomic E-state index is -0.0322. The van der Waals surface area contributed by atoms with Crippen molar-refractivity contribution < 1.29 is 9.47 Å². The SMILES string of the molecule is [N-]=[N+]=NC[C@@H]1COC[C@H](C2CC2)O1. The van der Waals surface area contributed by atoms with Crippen LogP contribution in [0, 0.1) is 5.92 Å². The van der Waals surface area contributed by atoms with Crippen molar-refractivity contribution in [3.05, 3.63) is 10.4 Å². The van der Waals surface area contributed by atoms with Gasteiger partial charge in [-0.25, -0.2) is 0 Å². The molecule has 1 aliphatic heterocycles. The molecule has 0 radical (unpaired) electrons. The van der Waals surface area contributed by atoms with E-state index in [4.69, 9.17) is 15.0 Å². The van der Waals surface area contributed by atoms with Crippen LogP contribution in [0.25, 0.3) is 10.4 Å². The van der Waals surface area contributed by atoms with E-state index in [9.17, 15) is 0 Å². The maximum absolute atomic E-state index is 8.15. The van der Waals surface area contributed by atoms with Crippen LogP contribution in [0.15, 0.2) is 5.11 Å². The highest BCUT2D eigenvalue weighted by molar-refractivity contribution is 4.85. The summed E-state index contributed by atoms with van der Waals surface area (Å²) in [6.07, 6.45) is 2.72. The lowest BCUT2D eigenvalue weighted by Crippen LogP contribution is -2.38. The normalized spacial score (nSPS) is 33.8. The summed E-state index contributed by atoms with van der Waals surface area (Å²) in [6.45, 7) is 1.65. The number of hydrogen-bond acceptors (Lipinski definition) is 3. The lowest BCUT2D eigenvalue weighted by molar-refractivity contribution is -0.140. The summed E-state index contributed by atoms with van der Waals surface area (Å²) < 4.78 is 11.1. The van der Waals surface area contributed by atoms with Crippen LogP contribution in [0.1, 0.15) is 12.8 Å². The molecular weight excluding hydrogens is 170 g/mol. The molecule has 1 saturated carbocycles. The van der Waals surface area contributed by atoms with Gasteiger partial charge in [-0.3, -0.25) is 0 Å². The molecule has 2 aliphatic rings. The summed E-state index contributed by atoms with van der Waals surface area (Å²) in [6, 6.07) is 0. The Morgan fingerprint density at radius 2 is 2.23 bits per heavy atom. The molecule has 2 rings (SSSR count). The average molecular weight is 183 g/mol. The van der Waals surface area contributed by atoms with Gasteiger partial charge in [-0.05, 0) is 24.3 Å². The summed E-state index contributed by atoms with van der Waals surface area (Å²) >= 11 is 0. The van der Waals surface area contributed by atoms with E-state index in [2.05, 4.69) is 10.0 Å². The highest BCUT2D eigenvalue weighted by atomic mass is 16.6. The monoisotopic (exact) mass is 183 g/mol. The third kappa shape index (κ3) is 2.34. The molecule has 2 fully saturated rings. The molecule has 0 bridgehead atoms. The van der Waals surface area contributed by atoms with Crippen molar-refractivity contribution in [1.29, 1.82) is 0 Å². The van der Waals surface area contributed by atoms with Crippen molar-refractivity contribution in [2.45, 2.75) is 25.0 Å². The second-order valence-electron chi connectivity index (χ2n) is 3.58. The lowest BCUT2D eigenvalue weighted by Gasteiger charge is -2.29. The number of azide groups is 1. The molecule has 1 heterocycles. The van der Waals surface area contributed by atoms with Gasteiger partial charge in [0.05, 0.1) is 32.0 Å².